The van der Waals surface area contributed by atoms with Gasteiger partial charge in [0, 0.05) is 4.47 Å². The minimum atomic E-state index is -0.477. The van der Waals surface area contributed by atoms with Crippen LogP contribution in [0.5, 0.6) is 11.5 Å². The molecule has 0 unspecified atom stereocenters. The lowest BCUT2D eigenvalue weighted by molar-refractivity contribution is -0.123. The molecule has 2 amide bonds. The Bertz CT molecular complexity index is 788. The molecule has 138 valence electrons. The van der Waals surface area contributed by atoms with Gasteiger partial charge in [0.05, 0.1) is 12.2 Å². The van der Waals surface area contributed by atoms with Gasteiger partial charge in [-0.25, -0.2) is 0 Å². The van der Waals surface area contributed by atoms with E-state index in [1.807, 2.05) is 39.0 Å². The fraction of sp³-hybridized carbons (Fsp3) is 0.263. The van der Waals surface area contributed by atoms with Crippen LogP contribution in [0, 0.1) is 13.8 Å². The molecule has 0 heterocycles. The van der Waals surface area contributed by atoms with Crippen molar-refractivity contribution in [2.45, 2.75) is 20.8 Å². The highest BCUT2D eigenvalue weighted by molar-refractivity contribution is 9.10. The normalized spacial score (nSPS) is 10.2. The Morgan fingerprint density at radius 3 is 2.38 bits per heavy atom. The first kappa shape index (κ1) is 19.8. The number of benzene rings is 2. The third kappa shape index (κ3) is 5.23. The first-order valence-corrected chi connectivity index (χ1v) is 8.92. The summed E-state index contributed by atoms with van der Waals surface area (Å²) in [5, 5.41) is 0. The highest BCUT2D eigenvalue weighted by Gasteiger charge is 2.14. The van der Waals surface area contributed by atoms with Crippen molar-refractivity contribution in [3.05, 3.63) is 57.6 Å². The summed E-state index contributed by atoms with van der Waals surface area (Å²) in [6.45, 7) is 5.87. The smallest absolute Gasteiger partial charge is 0.276 e. The molecule has 0 aliphatic heterocycles. The Morgan fingerprint density at radius 1 is 1.04 bits per heavy atom. The molecule has 0 aliphatic rings. The second kappa shape index (κ2) is 9.24. The van der Waals surface area contributed by atoms with Gasteiger partial charge in [-0.05, 0) is 50.1 Å². The summed E-state index contributed by atoms with van der Waals surface area (Å²) in [4.78, 5) is 24.3. The molecular formula is C19H21BrN2O4. The molecule has 6 nitrogen and oxygen atoms in total. The number of hydrogen-bond donors (Lipinski definition) is 2. The van der Waals surface area contributed by atoms with E-state index < -0.39 is 11.8 Å². The van der Waals surface area contributed by atoms with Gasteiger partial charge in [0.15, 0.2) is 6.61 Å². The van der Waals surface area contributed by atoms with Crippen LogP contribution in [-0.4, -0.2) is 25.0 Å². The molecule has 7 heteroatoms. The molecule has 0 aliphatic carbocycles. The summed E-state index contributed by atoms with van der Waals surface area (Å²) < 4.78 is 11.7. The number of amides is 2. The molecule has 0 fully saturated rings. The van der Waals surface area contributed by atoms with Crippen LogP contribution in [-0.2, 0) is 4.79 Å². The number of rotatable bonds is 6. The summed E-state index contributed by atoms with van der Waals surface area (Å²) >= 11 is 3.32. The van der Waals surface area contributed by atoms with Gasteiger partial charge in [0.1, 0.15) is 11.5 Å². The van der Waals surface area contributed by atoms with E-state index in [4.69, 9.17) is 9.47 Å². The highest BCUT2D eigenvalue weighted by atomic mass is 79.9. The molecule has 0 saturated carbocycles. The summed E-state index contributed by atoms with van der Waals surface area (Å²) in [7, 11) is 0. The van der Waals surface area contributed by atoms with Crippen molar-refractivity contribution in [1.29, 1.82) is 0 Å². The number of carbonyl (C=O) groups excluding carboxylic acids is 2. The van der Waals surface area contributed by atoms with E-state index in [1.165, 1.54) is 0 Å². The first-order chi connectivity index (χ1) is 12.4. The fourth-order valence-corrected chi connectivity index (χ4v) is 2.72. The van der Waals surface area contributed by atoms with Gasteiger partial charge in [-0.3, -0.25) is 20.4 Å². The Hall–Kier alpha value is -2.54. The van der Waals surface area contributed by atoms with Crippen LogP contribution in [0.25, 0.3) is 0 Å². The summed E-state index contributed by atoms with van der Waals surface area (Å²) in [5.41, 5.74) is 6.92. The zero-order valence-electron chi connectivity index (χ0n) is 14.9. The van der Waals surface area contributed by atoms with Crippen LogP contribution in [0.3, 0.4) is 0 Å². The van der Waals surface area contributed by atoms with E-state index in [0.29, 0.717) is 23.7 Å². The predicted molar refractivity (Wildman–Crippen MR) is 102 cm³/mol. The average molecular weight is 421 g/mol. The Balaban J connectivity index is 1.93. The van der Waals surface area contributed by atoms with E-state index in [-0.39, 0.29) is 6.61 Å². The number of aryl methyl sites for hydroxylation is 2. The van der Waals surface area contributed by atoms with Crippen LogP contribution in [0.4, 0.5) is 0 Å². The molecule has 0 saturated heterocycles. The van der Waals surface area contributed by atoms with Gasteiger partial charge in [0.25, 0.3) is 11.8 Å². The molecule has 0 aromatic heterocycles. The number of nitrogens with one attached hydrogen (secondary N) is 2. The Labute approximate surface area is 161 Å². The number of hydrogen-bond acceptors (Lipinski definition) is 4. The molecule has 26 heavy (non-hydrogen) atoms. The number of halogens is 1. The van der Waals surface area contributed by atoms with Gasteiger partial charge in [0.2, 0.25) is 0 Å². The quantitative estimate of drug-likeness (QED) is 0.702. The van der Waals surface area contributed by atoms with Gasteiger partial charge in [-0.2, -0.15) is 0 Å². The van der Waals surface area contributed by atoms with E-state index in [0.717, 1.165) is 15.6 Å². The Morgan fingerprint density at radius 2 is 1.73 bits per heavy atom. The fourth-order valence-electron chi connectivity index (χ4n) is 2.36. The lowest BCUT2D eigenvalue weighted by atomic mass is 10.1. The van der Waals surface area contributed by atoms with Gasteiger partial charge >= 0.3 is 0 Å². The number of ether oxygens (including phenoxy) is 2. The van der Waals surface area contributed by atoms with Gasteiger partial charge in [-0.15, -0.1) is 0 Å². The molecule has 0 radical (unpaired) electrons. The molecule has 0 bridgehead atoms. The SMILES string of the molecule is CCOc1ccc(Br)cc1C(=O)NNC(=O)COc1c(C)cccc1C. The van der Waals surface area contributed by atoms with Crippen molar-refractivity contribution in [3.8, 4) is 11.5 Å². The standard InChI is InChI=1S/C19H21BrN2O4/c1-4-25-16-9-8-14(20)10-15(16)19(24)22-21-17(23)11-26-18-12(2)6-5-7-13(18)3/h5-10H,4,11H2,1-3H3,(H,21,23)(H,22,24). The molecule has 2 aromatic carbocycles. The van der Waals surface area contributed by atoms with E-state index >= 15 is 0 Å². The largest absolute Gasteiger partial charge is 0.493 e. The monoisotopic (exact) mass is 420 g/mol. The molecule has 2 N–H and O–H groups in total. The van der Waals surface area contributed by atoms with Crippen LogP contribution < -0.4 is 20.3 Å². The number of para-hydroxylation sites is 1. The lowest BCUT2D eigenvalue weighted by Crippen LogP contribution is -2.44. The molecule has 2 aromatic rings. The summed E-state index contributed by atoms with van der Waals surface area (Å²) in [5.74, 6) is 0.165. The zero-order valence-corrected chi connectivity index (χ0v) is 16.5. The third-order valence-electron chi connectivity index (χ3n) is 3.56. The van der Waals surface area contributed by atoms with E-state index in [9.17, 15) is 9.59 Å². The van der Waals surface area contributed by atoms with E-state index in [1.54, 1.807) is 18.2 Å². The second-order valence-corrected chi connectivity index (χ2v) is 6.50. The number of carbonyl (C=O) groups is 2. The summed E-state index contributed by atoms with van der Waals surface area (Å²) in [6, 6.07) is 10.8. The first-order valence-electron chi connectivity index (χ1n) is 8.13. The van der Waals surface area contributed by atoms with Crippen molar-refractivity contribution in [3.63, 3.8) is 0 Å². The average Bonchev–Trinajstić information content (AvgIpc) is 2.61. The van der Waals surface area contributed by atoms with Crippen molar-refractivity contribution < 1.29 is 19.1 Å². The molecular weight excluding hydrogens is 400 g/mol. The van der Waals surface area contributed by atoms with Crippen LogP contribution in [0.15, 0.2) is 40.9 Å². The minimum absolute atomic E-state index is 0.206. The molecule has 0 spiro atoms. The highest BCUT2D eigenvalue weighted by Crippen LogP contribution is 2.23. The maximum absolute atomic E-state index is 12.3. The molecule has 2 rings (SSSR count). The van der Waals surface area contributed by atoms with Crippen LogP contribution in [0.1, 0.15) is 28.4 Å². The van der Waals surface area contributed by atoms with Crippen molar-refractivity contribution in [2.24, 2.45) is 0 Å². The third-order valence-corrected chi connectivity index (χ3v) is 4.05. The zero-order chi connectivity index (χ0) is 19.1. The van der Waals surface area contributed by atoms with Crippen molar-refractivity contribution in [2.75, 3.05) is 13.2 Å². The van der Waals surface area contributed by atoms with Crippen LogP contribution in [0.2, 0.25) is 0 Å². The van der Waals surface area contributed by atoms with Gasteiger partial charge in [-0.1, -0.05) is 34.1 Å². The minimum Gasteiger partial charge on any atom is -0.493 e. The maximum Gasteiger partial charge on any atom is 0.276 e. The van der Waals surface area contributed by atoms with E-state index in [2.05, 4.69) is 26.8 Å². The maximum atomic E-state index is 12.3. The number of hydrazine groups is 1. The van der Waals surface area contributed by atoms with Crippen molar-refractivity contribution >= 4 is 27.7 Å². The topological polar surface area (TPSA) is 76.7 Å². The van der Waals surface area contributed by atoms with Crippen molar-refractivity contribution in [1.82, 2.24) is 10.9 Å². The van der Waals surface area contributed by atoms with Crippen LogP contribution >= 0.6 is 15.9 Å². The predicted octanol–water partition coefficient (Wildman–Crippen LogP) is 3.30. The second-order valence-electron chi connectivity index (χ2n) is 5.59. The lowest BCUT2D eigenvalue weighted by Gasteiger charge is -2.13. The summed E-state index contributed by atoms with van der Waals surface area (Å²) in [6.07, 6.45) is 0. The Kier molecular flexibility index (Phi) is 7.03. The van der Waals surface area contributed by atoms with Gasteiger partial charge < -0.3 is 9.47 Å². The molecule has 0 atom stereocenters.